The number of fused-ring (bicyclic) bond motifs is 1. The Kier molecular flexibility index (Phi) is 3.43. The first-order valence-corrected chi connectivity index (χ1v) is 6.62. The molecule has 2 rings (SSSR count). The number of ether oxygens (including phenoxy) is 1. The van der Waals surface area contributed by atoms with Gasteiger partial charge in [-0.25, -0.2) is 4.79 Å². The lowest BCUT2D eigenvalue weighted by Gasteiger charge is -2.32. The number of nitrogens with zero attached hydrogens (tertiary/aromatic N) is 1. The van der Waals surface area contributed by atoms with Gasteiger partial charge in [0.1, 0.15) is 5.60 Å². The lowest BCUT2D eigenvalue weighted by atomic mass is 9.95. The summed E-state index contributed by atoms with van der Waals surface area (Å²) in [4.78, 5) is 13.8. The summed E-state index contributed by atoms with van der Waals surface area (Å²) in [5.41, 5.74) is 9.82. The fourth-order valence-electron chi connectivity index (χ4n) is 2.43. The summed E-state index contributed by atoms with van der Waals surface area (Å²) in [7, 11) is 0. The molecule has 1 aromatic carbocycles. The molecular weight excluding hydrogens is 240 g/mol. The van der Waals surface area contributed by atoms with Crippen LogP contribution < -0.4 is 5.73 Å². The monoisotopic (exact) mass is 262 g/mol. The standard InChI is InChI=1S/C15H22N2O2/c1-10-7-12(16)8-11-9-17(6-5-13(10)11)14(18)19-15(2,3)4/h7-8H,5-6,9,16H2,1-4H3. The van der Waals surface area contributed by atoms with E-state index >= 15 is 0 Å². The summed E-state index contributed by atoms with van der Waals surface area (Å²) in [6.45, 7) is 8.99. The zero-order valence-corrected chi connectivity index (χ0v) is 12.1. The van der Waals surface area contributed by atoms with Crippen LogP contribution in [-0.4, -0.2) is 23.1 Å². The summed E-state index contributed by atoms with van der Waals surface area (Å²) in [6.07, 6.45) is 0.610. The zero-order valence-electron chi connectivity index (χ0n) is 12.1. The Labute approximate surface area is 114 Å². The van der Waals surface area contributed by atoms with E-state index in [9.17, 15) is 4.79 Å². The molecule has 1 heterocycles. The van der Waals surface area contributed by atoms with Crippen LogP contribution in [0.3, 0.4) is 0 Å². The predicted octanol–water partition coefficient (Wildman–Crippen LogP) is 2.87. The molecule has 104 valence electrons. The average molecular weight is 262 g/mol. The summed E-state index contributed by atoms with van der Waals surface area (Å²) in [5.74, 6) is 0. The van der Waals surface area contributed by atoms with Crippen molar-refractivity contribution in [3.05, 3.63) is 28.8 Å². The van der Waals surface area contributed by atoms with Crippen molar-refractivity contribution in [2.75, 3.05) is 12.3 Å². The molecule has 0 unspecified atom stereocenters. The van der Waals surface area contributed by atoms with Crippen LogP contribution in [0.25, 0.3) is 0 Å². The maximum absolute atomic E-state index is 12.1. The normalized spacial score (nSPS) is 15.1. The van der Waals surface area contributed by atoms with Crippen LogP contribution in [0.2, 0.25) is 0 Å². The second-order valence-corrected chi connectivity index (χ2v) is 6.13. The van der Waals surface area contributed by atoms with Crippen molar-refractivity contribution in [1.82, 2.24) is 4.90 Å². The van der Waals surface area contributed by atoms with E-state index in [2.05, 4.69) is 6.92 Å². The second kappa shape index (κ2) is 4.76. The molecule has 0 radical (unpaired) electrons. The molecule has 0 aliphatic carbocycles. The van der Waals surface area contributed by atoms with Gasteiger partial charge in [0.25, 0.3) is 0 Å². The topological polar surface area (TPSA) is 55.6 Å². The number of hydrogen-bond acceptors (Lipinski definition) is 3. The molecule has 4 nitrogen and oxygen atoms in total. The molecule has 1 amide bonds. The molecule has 0 atom stereocenters. The summed E-state index contributed by atoms with van der Waals surface area (Å²) >= 11 is 0. The number of carbonyl (C=O) groups excluding carboxylic acids is 1. The van der Waals surface area contributed by atoms with Gasteiger partial charge in [-0.2, -0.15) is 0 Å². The van der Waals surface area contributed by atoms with E-state index in [4.69, 9.17) is 10.5 Å². The summed E-state index contributed by atoms with van der Waals surface area (Å²) < 4.78 is 5.41. The molecule has 1 aliphatic rings. The number of anilines is 1. The molecule has 0 bridgehead atoms. The van der Waals surface area contributed by atoms with E-state index in [1.165, 1.54) is 11.1 Å². The number of aryl methyl sites for hydroxylation is 1. The Hall–Kier alpha value is -1.71. The quantitative estimate of drug-likeness (QED) is 0.731. The molecule has 0 spiro atoms. The molecule has 0 aromatic heterocycles. The van der Waals surface area contributed by atoms with Crippen molar-refractivity contribution in [1.29, 1.82) is 0 Å². The van der Waals surface area contributed by atoms with E-state index in [1.807, 2.05) is 32.9 Å². The first-order chi connectivity index (χ1) is 8.76. The van der Waals surface area contributed by atoms with Crippen LogP contribution in [0.1, 0.15) is 37.5 Å². The minimum Gasteiger partial charge on any atom is -0.444 e. The van der Waals surface area contributed by atoms with Gasteiger partial charge >= 0.3 is 6.09 Å². The molecule has 1 aliphatic heterocycles. The van der Waals surface area contributed by atoms with Crippen molar-refractivity contribution < 1.29 is 9.53 Å². The first-order valence-electron chi connectivity index (χ1n) is 6.62. The SMILES string of the molecule is Cc1cc(N)cc2c1CCN(C(=O)OC(C)(C)C)C2. The number of hydrogen-bond donors (Lipinski definition) is 1. The van der Waals surface area contributed by atoms with E-state index in [0.29, 0.717) is 13.1 Å². The Morgan fingerprint density at radius 1 is 1.37 bits per heavy atom. The van der Waals surface area contributed by atoms with Gasteiger partial charge in [-0.1, -0.05) is 0 Å². The largest absolute Gasteiger partial charge is 0.444 e. The Bertz CT molecular complexity index is 504. The molecule has 0 fully saturated rings. The van der Waals surface area contributed by atoms with Gasteiger partial charge in [-0.15, -0.1) is 0 Å². The average Bonchev–Trinajstić information content (AvgIpc) is 2.25. The van der Waals surface area contributed by atoms with Gasteiger partial charge < -0.3 is 15.4 Å². The highest BCUT2D eigenvalue weighted by Gasteiger charge is 2.26. The van der Waals surface area contributed by atoms with Gasteiger partial charge in [0, 0.05) is 18.8 Å². The highest BCUT2D eigenvalue weighted by atomic mass is 16.6. The maximum Gasteiger partial charge on any atom is 0.410 e. The minimum absolute atomic E-state index is 0.252. The summed E-state index contributed by atoms with van der Waals surface area (Å²) in [6, 6.07) is 3.95. The van der Waals surface area contributed by atoms with E-state index in [1.54, 1.807) is 4.90 Å². The fourth-order valence-corrected chi connectivity index (χ4v) is 2.43. The molecule has 4 heteroatoms. The highest BCUT2D eigenvalue weighted by molar-refractivity contribution is 5.69. The maximum atomic E-state index is 12.1. The zero-order chi connectivity index (χ0) is 14.2. The van der Waals surface area contributed by atoms with Gasteiger partial charge in [-0.05, 0) is 62.9 Å². The molecule has 19 heavy (non-hydrogen) atoms. The lowest BCUT2D eigenvalue weighted by molar-refractivity contribution is 0.0224. The van der Waals surface area contributed by atoms with Crippen LogP contribution in [0, 0.1) is 6.92 Å². The number of nitrogen functional groups attached to an aromatic ring is 1. The molecule has 2 N–H and O–H groups in total. The van der Waals surface area contributed by atoms with Crippen LogP contribution in [0.15, 0.2) is 12.1 Å². The molecule has 0 saturated carbocycles. The van der Waals surface area contributed by atoms with Gasteiger partial charge in [0.15, 0.2) is 0 Å². The number of rotatable bonds is 0. The lowest BCUT2D eigenvalue weighted by Crippen LogP contribution is -2.40. The molecule has 1 aromatic rings. The van der Waals surface area contributed by atoms with Crippen LogP contribution in [0.5, 0.6) is 0 Å². The third-order valence-electron chi connectivity index (χ3n) is 3.23. The van der Waals surface area contributed by atoms with Crippen molar-refractivity contribution in [3.8, 4) is 0 Å². The van der Waals surface area contributed by atoms with Crippen molar-refractivity contribution in [2.24, 2.45) is 0 Å². The van der Waals surface area contributed by atoms with Crippen molar-refractivity contribution >= 4 is 11.8 Å². The van der Waals surface area contributed by atoms with E-state index in [0.717, 1.165) is 17.7 Å². The van der Waals surface area contributed by atoms with Crippen molar-refractivity contribution in [2.45, 2.75) is 46.3 Å². The Morgan fingerprint density at radius 2 is 2.05 bits per heavy atom. The number of carbonyl (C=O) groups is 1. The minimum atomic E-state index is -0.455. The van der Waals surface area contributed by atoms with E-state index < -0.39 is 5.60 Å². The second-order valence-electron chi connectivity index (χ2n) is 6.13. The fraction of sp³-hybridized carbons (Fsp3) is 0.533. The van der Waals surface area contributed by atoms with Crippen LogP contribution in [-0.2, 0) is 17.7 Å². The predicted molar refractivity (Wildman–Crippen MR) is 75.9 cm³/mol. The first kappa shape index (κ1) is 13.7. The number of nitrogens with two attached hydrogens (primary N) is 1. The van der Waals surface area contributed by atoms with Crippen molar-refractivity contribution in [3.63, 3.8) is 0 Å². The third-order valence-corrected chi connectivity index (χ3v) is 3.23. The summed E-state index contributed by atoms with van der Waals surface area (Å²) in [5, 5.41) is 0. The number of benzene rings is 1. The third kappa shape index (κ3) is 3.19. The van der Waals surface area contributed by atoms with Gasteiger partial charge in [-0.3, -0.25) is 0 Å². The van der Waals surface area contributed by atoms with E-state index in [-0.39, 0.29) is 6.09 Å². The Balaban J connectivity index is 2.16. The highest BCUT2D eigenvalue weighted by Crippen LogP contribution is 2.26. The Morgan fingerprint density at radius 3 is 2.68 bits per heavy atom. The van der Waals surface area contributed by atoms with Crippen LogP contribution >= 0.6 is 0 Å². The van der Waals surface area contributed by atoms with Gasteiger partial charge in [0.05, 0.1) is 0 Å². The van der Waals surface area contributed by atoms with Gasteiger partial charge in [0.2, 0.25) is 0 Å². The molecule has 0 saturated heterocycles. The number of amides is 1. The smallest absolute Gasteiger partial charge is 0.410 e. The molecular formula is C15H22N2O2. The van der Waals surface area contributed by atoms with Crippen LogP contribution in [0.4, 0.5) is 10.5 Å².